The molecule has 0 atom stereocenters. The van der Waals surface area contributed by atoms with E-state index in [9.17, 15) is 9.90 Å². The van der Waals surface area contributed by atoms with Gasteiger partial charge in [0, 0.05) is 13.0 Å². The number of amides is 1. The molecule has 0 fully saturated rings. The van der Waals surface area contributed by atoms with Crippen molar-refractivity contribution in [3.8, 4) is 5.75 Å². The number of carbonyl (C=O) groups excluding carboxylic acids is 1. The van der Waals surface area contributed by atoms with Crippen molar-refractivity contribution in [3.05, 3.63) is 23.3 Å². The molecule has 2 rings (SSSR count). The fourth-order valence-electron chi connectivity index (χ4n) is 2.41. The molecule has 0 saturated carbocycles. The van der Waals surface area contributed by atoms with Crippen LogP contribution in [0.4, 0.5) is 5.69 Å². The summed E-state index contributed by atoms with van der Waals surface area (Å²) in [6, 6.07) is 3.59. The number of rotatable bonds is 7. The smallest absolute Gasteiger partial charge is 0.224 e. The number of fused-ring (bicyclic) bond motifs is 1. The van der Waals surface area contributed by atoms with Crippen molar-refractivity contribution >= 4 is 11.6 Å². The topological polar surface area (TPSA) is 70.6 Å². The summed E-state index contributed by atoms with van der Waals surface area (Å²) in [6.07, 6.45) is 2.95. The standard InChI is InChI=1S/C16H24N2O3/c1-11(2)10-17-21-9-3-4-12-5-7-14(19)16-13(12)6-8-15(20)18-16/h5,7,11,17,19H,3-4,6,8-10H2,1-2H3,(H,18,20). The average Bonchev–Trinajstić information content (AvgIpc) is 2.45. The number of nitrogens with one attached hydrogen (secondary N) is 2. The van der Waals surface area contributed by atoms with Crippen LogP contribution in [0.2, 0.25) is 0 Å². The monoisotopic (exact) mass is 292 g/mol. The molecule has 5 heteroatoms. The van der Waals surface area contributed by atoms with Gasteiger partial charge in [-0.05, 0) is 42.4 Å². The average molecular weight is 292 g/mol. The molecule has 0 aliphatic carbocycles. The summed E-state index contributed by atoms with van der Waals surface area (Å²) < 4.78 is 0. The number of aromatic hydroxyl groups is 1. The van der Waals surface area contributed by atoms with Gasteiger partial charge < -0.3 is 15.3 Å². The van der Waals surface area contributed by atoms with Gasteiger partial charge >= 0.3 is 0 Å². The second kappa shape index (κ2) is 7.43. The number of anilines is 1. The molecule has 0 spiro atoms. The third kappa shape index (κ3) is 4.44. The number of aryl methyl sites for hydroxylation is 1. The van der Waals surface area contributed by atoms with Gasteiger partial charge in [0.1, 0.15) is 5.75 Å². The summed E-state index contributed by atoms with van der Waals surface area (Å²) in [4.78, 5) is 16.8. The highest BCUT2D eigenvalue weighted by molar-refractivity contribution is 5.95. The van der Waals surface area contributed by atoms with Crippen LogP contribution in [0.3, 0.4) is 0 Å². The quantitative estimate of drug-likeness (QED) is 0.410. The van der Waals surface area contributed by atoms with E-state index in [1.165, 1.54) is 5.56 Å². The van der Waals surface area contributed by atoms with Crippen LogP contribution >= 0.6 is 0 Å². The molecule has 116 valence electrons. The SMILES string of the molecule is CC(C)CNOCCCc1ccc(O)c2c1CCC(=O)N2. The zero-order valence-electron chi connectivity index (χ0n) is 12.7. The zero-order chi connectivity index (χ0) is 15.2. The van der Waals surface area contributed by atoms with E-state index in [0.29, 0.717) is 31.1 Å². The molecule has 0 bridgehead atoms. The van der Waals surface area contributed by atoms with Gasteiger partial charge in [0.15, 0.2) is 0 Å². The molecule has 1 amide bonds. The van der Waals surface area contributed by atoms with Gasteiger partial charge in [-0.15, -0.1) is 0 Å². The van der Waals surface area contributed by atoms with Crippen LogP contribution in [0.25, 0.3) is 0 Å². The predicted molar refractivity (Wildman–Crippen MR) is 82.2 cm³/mol. The van der Waals surface area contributed by atoms with Crippen LogP contribution in [0.5, 0.6) is 5.75 Å². The fourth-order valence-corrected chi connectivity index (χ4v) is 2.41. The summed E-state index contributed by atoms with van der Waals surface area (Å²) in [5, 5.41) is 12.6. The first-order valence-corrected chi connectivity index (χ1v) is 7.56. The lowest BCUT2D eigenvalue weighted by molar-refractivity contribution is -0.116. The van der Waals surface area contributed by atoms with Gasteiger partial charge in [-0.1, -0.05) is 19.9 Å². The highest BCUT2D eigenvalue weighted by Crippen LogP contribution is 2.34. The van der Waals surface area contributed by atoms with Crippen LogP contribution in [0.1, 0.15) is 37.8 Å². The van der Waals surface area contributed by atoms with E-state index < -0.39 is 0 Å². The van der Waals surface area contributed by atoms with Crippen molar-refractivity contribution in [3.63, 3.8) is 0 Å². The van der Waals surface area contributed by atoms with Crippen molar-refractivity contribution in [2.75, 3.05) is 18.5 Å². The molecule has 5 nitrogen and oxygen atoms in total. The second-order valence-corrected chi connectivity index (χ2v) is 5.84. The number of phenols is 1. The number of carbonyl (C=O) groups is 1. The Morgan fingerprint density at radius 3 is 2.95 bits per heavy atom. The van der Waals surface area contributed by atoms with Crippen molar-refractivity contribution in [2.24, 2.45) is 5.92 Å². The summed E-state index contributed by atoms with van der Waals surface area (Å²) in [6.45, 7) is 5.76. The van der Waals surface area contributed by atoms with Gasteiger partial charge in [0.2, 0.25) is 5.91 Å². The molecule has 0 saturated heterocycles. The summed E-state index contributed by atoms with van der Waals surface area (Å²) in [5.41, 5.74) is 5.77. The van der Waals surface area contributed by atoms with Crippen molar-refractivity contribution in [1.29, 1.82) is 0 Å². The Labute approximate surface area is 125 Å². The number of hydrogen-bond donors (Lipinski definition) is 3. The van der Waals surface area contributed by atoms with Crippen LogP contribution in [0, 0.1) is 5.92 Å². The minimum absolute atomic E-state index is 0.0313. The minimum Gasteiger partial charge on any atom is -0.506 e. The second-order valence-electron chi connectivity index (χ2n) is 5.84. The molecule has 1 aliphatic heterocycles. The highest BCUT2D eigenvalue weighted by Gasteiger charge is 2.20. The van der Waals surface area contributed by atoms with E-state index in [1.807, 2.05) is 6.07 Å². The van der Waals surface area contributed by atoms with Crippen LogP contribution in [0.15, 0.2) is 12.1 Å². The van der Waals surface area contributed by atoms with E-state index in [-0.39, 0.29) is 11.7 Å². The molecule has 3 N–H and O–H groups in total. The Balaban J connectivity index is 1.87. The van der Waals surface area contributed by atoms with Crippen LogP contribution in [-0.4, -0.2) is 24.2 Å². The van der Waals surface area contributed by atoms with Crippen molar-refractivity contribution < 1.29 is 14.7 Å². The molecular weight excluding hydrogens is 268 g/mol. The minimum atomic E-state index is -0.0313. The molecule has 0 radical (unpaired) electrons. The Bertz CT molecular complexity index is 501. The molecule has 1 aliphatic rings. The lowest BCUT2D eigenvalue weighted by Crippen LogP contribution is -2.21. The lowest BCUT2D eigenvalue weighted by atomic mass is 9.94. The fraction of sp³-hybridized carbons (Fsp3) is 0.562. The van der Waals surface area contributed by atoms with E-state index in [0.717, 1.165) is 24.9 Å². The third-order valence-corrected chi connectivity index (χ3v) is 3.54. The maximum absolute atomic E-state index is 11.4. The third-order valence-electron chi connectivity index (χ3n) is 3.54. The normalized spacial score (nSPS) is 14.1. The molecule has 0 aromatic heterocycles. The first-order valence-electron chi connectivity index (χ1n) is 7.56. The number of hydroxylamine groups is 1. The van der Waals surface area contributed by atoms with Crippen molar-refractivity contribution in [2.45, 2.75) is 39.5 Å². The van der Waals surface area contributed by atoms with Gasteiger partial charge in [-0.3, -0.25) is 4.79 Å². The first kappa shape index (κ1) is 15.8. The van der Waals surface area contributed by atoms with Gasteiger partial charge in [-0.25, -0.2) is 5.48 Å². The molecule has 0 unspecified atom stereocenters. The molecule has 1 heterocycles. The predicted octanol–water partition coefficient (Wildman–Crippen LogP) is 2.39. The number of phenolic OH excluding ortho intramolecular Hbond substituents is 1. The Hall–Kier alpha value is -1.59. The number of hydrogen-bond acceptors (Lipinski definition) is 4. The van der Waals surface area contributed by atoms with Gasteiger partial charge in [0.25, 0.3) is 0 Å². The van der Waals surface area contributed by atoms with E-state index in [4.69, 9.17) is 4.84 Å². The molecule has 1 aromatic carbocycles. The van der Waals surface area contributed by atoms with Crippen LogP contribution < -0.4 is 10.8 Å². The summed E-state index contributed by atoms with van der Waals surface area (Å²) in [7, 11) is 0. The van der Waals surface area contributed by atoms with Crippen LogP contribution in [-0.2, 0) is 22.5 Å². The van der Waals surface area contributed by atoms with Gasteiger partial charge in [0.05, 0.1) is 12.3 Å². The Kier molecular flexibility index (Phi) is 5.59. The molecular formula is C16H24N2O3. The summed E-state index contributed by atoms with van der Waals surface area (Å²) >= 11 is 0. The Morgan fingerprint density at radius 2 is 2.19 bits per heavy atom. The highest BCUT2D eigenvalue weighted by atomic mass is 16.6. The lowest BCUT2D eigenvalue weighted by Gasteiger charge is -2.21. The van der Waals surface area contributed by atoms with E-state index in [2.05, 4.69) is 24.6 Å². The first-order chi connectivity index (χ1) is 10.1. The zero-order valence-corrected chi connectivity index (χ0v) is 12.7. The maximum Gasteiger partial charge on any atom is 0.224 e. The molecule has 1 aromatic rings. The molecule has 21 heavy (non-hydrogen) atoms. The maximum atomic E-state index is 11.4. The largest absolute Gasteiger partial charge is 0.506 e. The van der Waals surface area contributed by atoms with Crippen molar-refractivity contribution in [1.82, 2.24) is 5.48 Å². The van der Waals surface area contributed by atoms with E-state index in [1.54, 1.807) is 6.07 Å². The Morgan fingerprint density at radius 1 is 1.38 bits per heavy atom. The summed E-state index contributed by atoms with van der Waals surface area (Å²) in [5.74, 6) is 0.686. The van der Waals surface area contributed by atoms with E-state index >= 15 is 0 Å². The van der Waals surface area contributed by atoms with Gasteiger partial charge in [-0.2, -0.15) is 0 Å². The number of benzene rings is 1.